The number of carbonyl (C=O) groups is 1. The highest BCUT2D eigenvalue weighted by Gasteiger charge is 2.17. The second-order valence-corrected chi connectivity index (χ2v) is 6.15. The van der Waals surface area contributed by atoms with Gasteiger partial charge in [0.1, 0.15) is 12.4 Å². The van der Waals surface area contributed by atoms with Crippen molar-refractivity contribution in [3.05, 3.63) is 53.3 Å². The molecular weight excluding hydrogens is 330 g/mol. The van der Waals surface area contributed by atoms with E-state index >= 15 is 0 Å². The molecule has 1 unspecified atom stereocenters. The van der Waals surface area contributed by atoms with Crippen LogP contribution in [0.2, 0.25) is 0 Å². The average Bonchev–Trinajstić information content (AvgIpc) is 3.04. The highest BCUT2D eigenvalue weighted by atomic mass is 16.5. The van der Waals surface area contributed by atoms with Crippen molar-refractivity contribution in [3.8, 4) is 5.75 Å². The third kappa shape index (κ3) is 5.36. The molecule has 1 aromatic heterocycles. The number of hydrogen-bond acceptors (Lipinski definition) is 3. The first-order valence-electron chi connectivity index (χ1n) is 9.32. The minimum Gasteiger partial charge on any atom is -0.492 e. The molecule has 2 rings (SSSR count). The topological polar surface area (TPSA) is 60.7 Å². The van der Waals surface area contributed by atoms with E-state index in [4.69, 9.17) is 14.6 Å². The Labute approximate surface area is 155 Å². The molecule has 0 saturated heterocycles. The van der Waals surface area contributed by atoms with Crippen LogP contribution in [-0.4, -0.2) is 35.0 Å². The Morgan fingerprint density at radius 2 is 1.65 bits per heavy atom. The average molecular weight is 359 g/mol. The van der Waals surface area contributed by atoms with E-state index in [1.54, 1.807) is 6.92 Å². The summed E-state index contributed by atoms with van der Waals surface area (Å²) in [4.78, 5) is 11.2. The Morgan fingerprint density at radius 1 is 1.04 bits per heavy atom. The number of ether oxygens (including phenoxy) is 2. The van der Waals surface area contributed by atoms with Gasteiger partial charge in [-0.3, -0.25) is 0 Å². The smallest absolute Gasteiger partial charge is 0.333 e. The molecule has 2 aromatic rings. The van der Waals surface area contributed by atoms with Crippen molar-refractivity contribution in [2.75, 3.05) is 13.2 Å². The Kier molecular flexibility index (Phi) is 7.73. The monoisotopic (exact) mass is 359 g/mol. The summed E-state index contributed by atoms with van der Waals surface area (Å²) < 4.78 is 13.4. The minimum atomic E-state index is -0.933. The van der Waals surface area contributed by atoms with Crippen molar-refractivity contribution in [3.63, 3.8) is 0 Å². The van der Waals surface area contributed by atoms with E-state index < -0.39 is 12.1 Å². The van der Waals surface area contributed by atoms with Gasteiger partial charge in [0.15, 0.2) is 6.10 Å². The van der Waals surface area contributed by atoms with Crippen LogP contribution in [0, 0.1) is 0 Å². The van der Waals surface area contributed by atoms with Crippen LogP contribution < -0.4 is 4.74 Å². The van der Waals surface area contributed by atoms with Gasteiger partial charge in [0.05, 0.1) is 6.54 Å². The van der Waals surface area contributed by atoms with Gasteiger partial charge in [0, 0.05) is 24.4 Å². The van der Waals surface area contributed by atoms with E-state index in [0.29, 0.717) is 19.6 Å². The summed E-state index contributed by atoms with van der Waals surface area (Å²) in [7, 11) is 0. The van der Waals surface area contributed by atoms with Crippen molar-refractivity contribution >= 4 is 5.97 Å². The SMILES string of the molecule is CCOC(Cc1ccc(OCCn2c(CC)ccc2CC)cc1)C(=O)O. The predicted octanol–water partition coefficient (Wildman–Crippen LogP) is 3.72. The second kappa shape index (κ2) is 10.0. The second-order valence-electron chi connectivity index (χ2n) is 6.15. The van der Waals surface area contributed by atoms with E-state index in [1.165, 1.54) is 11.4 Å². The third-order valence-electron chi connectivity index (χ3n) is 4.46. The summed E-state index contributed by atoms with van der Waals surface area (Å²) in [6.07, 6.45) is 1.57. The minimum absolute atomic E-state index is 0.354. The lowest BCUT2D eigenvalue weighted by atomic mass is 10.1. The molecule has 1 atom stereocenters. The maximum atomic E-state index is 11.2. The first-order chi connectivity index (χ1) is 12.6. The van der Waals surface area contributed by atoms with Gasteiger partial charge >= 0.3 is 5.97 Å². The summed E-state index contributed by atoms with van der Waals surface area (Å²) in [6, 6.07) is 11.9. The molecule has 0 fully saturated rings. The number of benzene rings is 1. The fourth-order valence-corrected chi connectivity index (χ4v) is 3.07. The summed E-state index contributed by atoms with van der Waals surface area (Å²) in [5, 5.41) is 9.16. The van der Waals surface area contributed by atoms with Crippen molar-refractivity contribution in [1.29, 1.82) is 0 Å². The van der Waals surface area contributed by atoms with Gasteiger partial charge in [0.2, 0.25) is 0 Å². The number of aliphatic carboxylic acids is 1. The fourth-order valence-electron chi connectivity index (χ4n) is 3.07. The van der Waals surface area contributed by atoms with Crippen molar-refractivity contribution in [2.24, 2.45) is 0 Å². The van der Waals surface area contributed by atoms with E-state index in [-0.39, 0.29) is 0 Å². The van der Waals surface area contributed by atoms with Crippen LogP contribution in [0.5, 0.6) is 5.75 Å². The molecule has 0 saturated carbocycles. The van der Waals surface area contributed by atoms with Crippen LogP contribution in [0.25, 0.3) is 0 Å². The molecule has 1 aromatic carbocycles. The highest BCUT2D eigenvalue weighted by Crippen LogP contribution is 2.16. The highest BCUT2D eigenvalue weighted by molar-refractivity contribution is 5.72. The zero-order chi connectivity index (χ0) is 18.9. The van der Waals surface area contributed by atoms with Crippen LogP contribution >= 0.6 is 0 Å². The van der Waals surface area contributed by atoms with E-state index in [2.05, 4.69) is 30.5 Å². The van der Waals surface area contributed by atoms with Crippen molar-refractivity contribution < 1.29 is 19.4 Å². The van der Waals surface area contributed by atoms with Gasteiger partial charge in [0.25, 0.3) is 0 Å². The Bertz CT molecular complexity index is 669. The molecule has 142 valence electrons. The van der Waals surface area contributed by atoms with Crippen LogP contribution in [0.4, 0.5) is 0 Å². The van der Waals surface area contributed by atoms with E-state index in [1.807, 2.05) is 24.3 Å². The predicted molar refractivity (Wildman–Crippen MR) is 102 cm³/mol. The third-order valence-corrected chi connectivity index (χ3v) is 4.46. The Balaban J connectivity index is 1.89. The summed E-state index contributed by atoms with van der Waals surface area (Å²) in [5.41, 5.74) is 3.58. The van der Waals surface area contributed by atoms with Gasteiger partial charge in [-0.2, -0.15) is 0 Å². The van der Waals surface area contributed by atoms with Crippen LogP contribution in [0.3, 0.4) is 0 Å². The Morgan fingerprint density at radius 3 is 2.15 bits per heavy atom. The lowest BCUT2D eigenvalue weighted by Crippen LogP contribution is -2.26. The molecular formula is C21H29NO4. The molecule has 0 aliphatic carbocycles. The standard InChI is InChI=1S/C21H29NO4/c1-4-17-9-10-18(5-2)22(17)13-14-26-19-11-7-16(8-12-19)15-20(21(23)24)25-6-3/h7-12,20H,4-6,13-15H2,1-3H3,(H,23,24). The maximum absolute atomic E-state index is 11.2. The zero-order valence-electron chi connectivity index (χ0n) is 15.9. The first-order valence-corrected chi connectivity index (χ1v) is 9.32. The molecule has 0 radical (unpaired) electrons. The van der Waals surface area contributed by atoms with Crippen molar-refractivity contribution in [1.82, 2.24) is 4.57 Å². The largest absolute Gasteiger partial charge is 0.492 e. The van der Waals surface area contributed by atoms with E-state index in [0.717, 1.165) is 30.7 Å². The van der Waals surface area contributed by atoms with Crippen LogP contribution in [0.1, 0.15) is 37.7 Å². The number of carboxylic acids is 1. The molecule has 0 spiro atoms. The van der Waals surface area contributed by atoms with Gasteiger partial charge in [-0.25, -0.2) is 4.79 Å². The number of nitrogens with zero attached hydrogens (tertiary/aromatic N) is 1. The lowest BCUT2D eigenvalue weighted by Gasteiger charge is -2.14. The molecule has 26 heavy (non-hydrogen) atoms. The van der Waals surface area contributed by atoms with Crippen LogP contribution in [-0.2, 0) is 35.3 Å². The number of carboxylic acid groups (broad SMARTS) is 1. The van der Waals surface area contributed by atoms with Gasteiger partial charge in [-0.1, -0.05) is 26.0 Å². The lowest BCUT2D eigenvalue weighted by molar-refractivity contribution is -0.149. The summed E-state index contributed by atoms with van der Waals surface area (Å²) in [6.45, 7) is 7.94. The fraction of sp³-hybridized carbons (Fsp3) is 0.476. The summed E-state index contributed by atoms with van der Waals surface area (Å²) >= 11 is 0. The molecule has 5 heteroatoms. The number of rotatable bonds is 11. The summed E-state index contributed by atoms with van der Waals surface area (Å²) in [5.74, 6) is -0.141. The quantitative estimate of drug-likeness (QED) is 0.664. The molecule has 0 aliphatic heterocycles. The first kappa shape index (κ1) is 20.0. The molecule has 0 amide bonds. The van der Waals surface area contributed by atoms with Gasteiger partial charge in [-0.05, 0) is 49.6 Å². The van der Waals surface area contributed by atoms with Crippen molar-refractivity contribution in [2.45, 2.75) is 52.7 Å². The number of aromatic nitrogens is 1. The number of hydrogen-bond donors (Lipinski definition) is 1. The van der Waals surface area contributed by atoms with E-state index in [9.17, 15) is 4.79 Å². The van der Waals surface area contributed by atoms with Gasteiger partial charge in [-0.15, -0.1) is 0 Å². The number of aryl methyl sites for hydroxylation is 2. The molecule has 0 bridgehead atoms. The normalized spacial score (nSPS) is 12.1. The maximum Gasteiger partial charge on any atom is 0.333 e. The molecule has 1 N–H and O–H groups in total. The molecule has 1 heterocycles. The molecule has 5 nitrogen and oxygen atoms in total. The zero-order valence-corrected chi connectivity index (χ0v) is 15.9. The molecule has 0 aliphatic rings. The van der Waals surface area contributed by atoms with Crippen LogP contribution in [0.15, 0.2) is 36.4 Å². The van der Waals surface area contributed by atoms with Gasteiger partial charge < -0.3 is 19.1 Å². The Hall–Kier alpha value is -2.27.